The number of nitrogens with two attached hydrogens (primary N) is 1. The van der Waals surface area contributed by atoms with E-state index in [2.05, 4.69) is 32.9 Å². The summed E-state index contributed by atoms with van der Waals surface area (Å²) in [6, 6.07) is 4.46. The van der Waals surface area contributed by atoms with Crippen molar-refractivity contribution in [2.75, 3.05) is 6.61 Å². The zero-order valence-electron chi connectivity index (χ0n) is 9.71. The second-order valence-electron chi connectivity index (χ2n) is 4.61. The summed E-state index contributed by atoms with van der Waals surface area (Å²) in [6.45, 7) is 7.23. The molecule has 0 aliphatic carbocycles. The van der Waals surface area contributed by atoms with Gasteiger partial charge >= 0.3 is 0 Å². The Morgan fingerprint density at radius 1 is 1.40 bits per heavy atom. The molecule has 0 saturated carbocycles. The maximum atomic E-state index is 6.17. The lowest BCUT2D eigenvalue weighted by molar-refractivity contribution is 0.265. The van der Waals surface area contributed by atoms with Gasteiger partial charge in [0.25, 0.3) is 0 Å². The summed E-state index contributed by atoms with van der Waals surface area (Å²) in [7, 11) is 0. The van der Waals surface area contributed by atoms with Gasteiger partial charge in [0.05, 0.1) is 6.61 Å². The zero-order chi connectivity index (χ0) is 11.0. The molecule has 0 spiro atoms. The van der Waals surface area contributed by atoms with E-state index >= 15 is 0 Å². The van der Waals surface area contributed by atoms with Crippen molar-refractivity contribution in [1.82, 2.24) is 0 Å². The highest BCUT2D eigenvalue weighted by atomic mass is 16.5. The van der Waals surface area contributed by atoms with Crippen molar-refractivity contribution in [1.29, 1.82) is 0 Å². The first-order valence-electron chi connectivity index (χ1n) is 5.63. The summed E-state index contributed by atoms with van der Waals surface area (Å²) in [5.41, 5.74) is 9.94. The molecular weight excluding hydrogens is 186 g/mol. The smallest absolute Gasteiger partial charge is 0.127 e. The minimum absolute atomic E-state index is 0.144. The molecule has 1 aliphatic rings. The highest BCUT2D eigenvalue weighted by Gasteiger charge is 2.23. The first-order valence-corrected chi connectivity index (χ1v) is 5.63. The van der Waals surface area contributed by atoms with Crippen molar-refractivity contribution in [3.05, 3.63) is 28.8 Å². The van der Waals surface area contributed by atoms with Crippen molar-refractivity contribution in [3.63, 3.8) is 0 Å². The molecule has 2 heteroatoms. The molecule has 2 rings (SSSR count). The Labute approximate surface area is 91.4 Å². The fourth-order valence-electron chi connectivity index (χ4n) is 2.23. The van der Waals surface area contributed by atoms with Gasteiger partial charge in [0.1, 0.15) is 5.75 Å². The third kappa shape index (κ3) is 1.74. The van der Waals surface area contributed by atoms with Crippen LogP contribution in [-0.2, 0) is 0 Å². The van der Waals surface area contributed by atoms with E-state index in [4.69, 9.17) is 10.5 Å². The lowest BCUT2D eigenvalue weighted by Crippen LogP contribution is -2.23. The molecule has 1 atom stereocenters. The number of aryl methyl sites for hydroxylation is 1. The topological polar surface area (TPSA) is 35.2 Å². The van der Waals surface area contributed by atoms with Crippen LogP contribution in [0.5, 0.6) is 5.75 Å². The van der Waals surface area contributed by atoms with Crippen LogP contribution in [0.3, 0.4) is 0 Å². The summed E-state index contributed by atoms with van der Waals surface area (Å²) in [5, 5.41) is 0. The Balaban J connectivity index is 2.60. The van der Waals surface area contributed by atoms with E-state index in [1.807, 2.05) is 0 Å². The average molecular weight is 205 g/mol. The van der Waals surface area contributed by atoms with E-state index < -0.39 is 0 Å². The van der Waals surface area contributed by atoms with Gasteiger partial charge in [-0.05, 0) is 24.0 Å². The van der Waals surface area contributed by atoms with Crippen LogP contribution in [-0.4, -0.2) is 6.61 Å². The van der Waals surface area contributed by atoms with E-state index in [-0.39, 0.29) is 6.04 Å². The van der Waals surface area contributed by atoms with Crippen molar-refractivity contribution < 1.29 is 4.74 Å². The molecule has 1 aliphatic heterocycles. The number of rotatable bonds is 1. The van der Waals surface area contributed by atoms with E-state index in [1.54, 1.807) is 0 Å². The molecule has 82 valence electrons. The molecule has 2 N–H and O–H groups in total. The number of benzene rings is 1. The molecule has 0 amide bonds. The van der Waals surface area contributed by atoms with E-state index in [0.29, 0.717) is 5.92 Å². The van der Waals surface area contributed by atoms with Crippen molar-refractivity contribution in [2.24, 2.45) is 5.73 Å². The van der Waals surface area contributed by atoms with Gasteiger partial charge in [-0.15, -0.1) is 0 Å². The molecular formula is C13H19NO. The van der Waals surface area contributed by atoms with Gasteiger partial charge in [0, 0.05) is 18.0 Å². The third-order valence-corrected chi connectivity index (χ3v) is 3.09. The van der Waals surface area contributed by atoms with E-state index in [9.17, 15) is 0 Å². The zero-order valence-corrected chi connectivity index (χ0v) is 9.71. The van der Waals surface area contributed by atoms with Crippen LogP contribution >= 0.6 is 0 Å². The second-order valence-corrected chi connectivity index (χ2v) is 4.61. The fraction of sp³-hybridized carbons (Fsp3) is 0.538. The molecule has 0 saturated heterocycles. The molecule has 1 aromatic rings. The number of fused-ring (bicyclic) bond motifs is 1. The minimum Gasteiger partial charge on any atom is -0.493 e. The maximum Gasteiger partial charge on any atom is 0.127 e. The van der Waals surface area contributed by atoms with Crippen LogP contribution in [0.25, 0.3) is 0 Å². The van der Waals surface area contributed by atoms with Gasteiger partial charge in [-0.3, -0.25) is 0 Å². The molecule has 1 aromatic carbocycles. The lowest BCUT2D eigenvalue weighted by atomic mass is 9.88. The summed E-state index contributed by atoms with van der Waals surface area (Å²) in [5.74, 6) is 1.53. The minimum atomic E-state index is 0.144. The van der Waals surface area contributed by atoms with Crippen molar-refractivity contribution in [2.45, 2.75) is 39.2 Å². The molecule has 0 radical (unpaired) electrons. The van der Waals surface area contributed by atoms with Crippen LogP contribution < -0.4 is 10.5 Å². The molecule has 0 aromatic heterocycles. The number of hydrogen-bond donors (Lipinski definition) is 1. The second kappa shape index (κ2) is 3.86. The normalized spacial score (nSPS) is 19.9. The Morgan fingerprint density at radius 2 is 2.13 bits per heavy atom. The Hall–Kier alpha value is -1.02. The SMILES string of the molecule is Cc1ccc(C(C)C)c2c1OCC[C@@H]2N. The molecule has 15 heavy (non-hydrogen) atoms. The third-order valence-electron chi connectivity index (χ3n) is 3.09. The summed E-state index contributed by atoms with van der Waals surface area (Å²) in [6.07, 6.45) is 0.927. The van der Waals surface area contributed by atoms with Gasteiger partial charge in [-0.1, -0.05) is 26.0 Å². The number of ether oxygens (including phenoxy) is 1. The van der Waals surface area contributed by atoms with Crippen molar-refractivity contribution in [3.8, 4) is 5.75 Å². The molecule has 2 nitrogen and oxygen atoms in total. The molecule has 0 unspecified atom stereocenters. The Morgan fingerprint density at radius 3 is 2.80 bits per heavy atom. The van der Waals surface area contributed by atoms with Gasteiger partial charge < -0.3 is 10.5 Å². The predicted octanol–water partition coefficient (Wildman–Crippen LogP) is 2.90. The molecule has 0 fully saturated rings. The first-order chi connectivity index (χ1) is 7.11. The quantitative estimate of drug-likeness (QED) is 0.765. The van der Waals surface area contributed by atoms with Gasteiger partial charge in [0.15, 0.2) is 0 Å². The predicted molar refractivity (Wildman–Crippen MR) is 62.3 cm³/mol. The van der Waals surface area contributed by atoms with Crippen LogP contribution in [0.4, 0.5) is 0 Å². The van der Waals surface area contributed by atoms with Crippen LogP contribution in [0.2, 0.25) is 0 Å². The maximum absolute atomic E-state index is 6.17. The monoisotopic (exact) mass is 205 g/mol. The van der Waals surface area contributed by atoms with Crippen LogP contribution in [0.1, 0.15) is 48.9 Å². The summed E-state index contributed by atoms with van der Waals surface area (Å²) >= 11 is 0. The molecule has 0 bridgehead atoms. The Kier molecular flexibility index (Phi) is 2.70. The van der Waals surface area contributed by atoms with Crippen LogP contribution in [0.15, 0.2) is 12.1 Å². The summed E-state index contributed by atoms with van der Waals surface area (Å²) < 4.78 is 5.74. The Bertz CT molecular complexity index is 371. The lowest BCUT2D eigenvalue weighted by Gasteiger charge is -2.28. The standard InChI is InChI=1S/C13H19NO/c1-8(2)10-5-4-9(3)13-12(10)11(14)6-7-15-13/h4-5,8,11H,6-7,14H2,1-3H3/t11-/m0/s1. The number of hydrogen-bond acceptors (Lipinski definition) is 2. The average Bonchev–Trinajstić information content (AvgIpc) is 2.19. The van der Waals surface area contributed by atoms with Gasteiger partial charge in [0.2, 0.25) is 0 Å². The summed E-state index contributed by atoms with van der Waals surface area (Å²) in [4.78, 5) is 0. The van der Waals surface area contributed by atoms with E-state index in [1.165, 1.54) is 16.7 Å². The first kappa shape index (κ1) is 10.5. The van der Waals surface area contributed by atoms with Gasteiger partial charge in [-0.2, -0.15) is 0 Å². The fourth-order valence-corrected chi connectivity index (χ4v) is 2.23. The van der Waals surface area contributed by atoms with E-state index in [0.717, 1.165) is 18.8 Å². The molecule has 1 heterocycles. The highest BCUT2D eigenvalue weighted by molar-refractivity contribution is 5.49. The van der Waals surface area contributed by atoms with Crippen molar-refractivity contribution >= 4 is 0 Å². The van der Waals surface area contributed by atoms with Gasteiger partial charge in [-0.25, -0.2) is 0 Å². The largest absolute Gasteiger partial charge is 0.493 e. The van der Waals surface area contributed by atoms with Crippen LogP contribution in [0, 0.1) is 6.92 Å². The highest BCUT2D eigenvalue weighted by Crippen LogP contribution is 2.38.